The van der Waals surface area contributed by atoms with Crippen LogP contribution < -0.4 is 4.74 Å². The average Bonchev–Trinajstić information content (AvgIpc) is 2.62. The van der Waals surface area contributed by atoms with Gasteiger partial charge in [0.2, 0.25) is 0 Å². The molecule has 156 valence electrons. The predicted molar refractivity (Wildman–Crippen MR) is 108 cm³/mol. The molecular formula is C20H27Cl2NO5. The summed E-state index contributed by atoms with van der Waals surface area (Å²) in [5.74, 6) is -0.214. The van der Waals surface area contributed by atoms with E-state index in [1.165, 1.54) is 12.0 Å². The van der Waals surface area contributed by atoms with Crippen LogP contribution >= 0.6 is 23.2 Å². The topological polar surface area (TPSA) is 65.1 Å². The zero-order valence-corrected chi connectivity index (χ0v) is 18.4. The summed E-state index contributed by atoms with van der Waals surface area (Å²) in [6.07, 6.45) is 0.526. The van der Waals surface area contributed by atoms with Crippen LogP contribution in [0, 0.1) is 5.92 Å². The quantitative estimate of drug-likeness (QED) is 0.608. The van der Waals surface area contributed by atoms with Crippen LogP contribution in [0.4, 0.5) is 4.79 Å². The summed E-state index contributed by atoms with van der Waals surface area (Å²) in [7, 11) is 1.53. The summed E-state index contributed by atoms with van der Waals surface area (Å²) in [6.45, 7) is 7.59. The van der Waals surface area contributed by atoms with Gasteiger partial charge in [0.05, 0.1) is 35.7 Å². The molecule has 6 nitrogen and oxygen atoms in total. The number of hydrogen-bond donors (Lipinski definition) is 0. The van der Waals surface area contributed by atoms with E-state index in [0.717, 1.165) is 0 Å². The lowest BCUT2D eigenvalue weighted by Crippen LogP contribution is -2.46. The number of hydrogen-bond acceptors (Lipinski definition) is 5. The van der Waals surface area contributed by atoms with Crippen molar-refractivity contribution in [2.45, 2.75) is 52.2 Å². The first-order valence-corrected chi connectivity index (χ1v) is 10.0. The minimum absolute atomic E-state index is 0.171. The number of nitrogens with zero attached hydrogens (tertiary/aromatic N) is 1. The SMILES string of the molecule is CCOC(=O)C1CCC(c2c(OC)ccc(Cl)c2Cl)N(C(=O)OC(C)(C)C)C1. The molecule has 0 bridgehead atoms. The van der Waals surface area contributed by atoms with Crippen molar-refractivity contribution in [2.75, 3.05) is 20.3 Å². The van der Waals surface area contributed by atoms with E-state index in [4.69, 9.17) is 37.4 Å². The molecule has 1 aliphatic rings. The minimum Gasteiger partial charge on any atom is -0.496 e. The molecule has 1 heterocycles. The maximum atomic E-state index is 13.0. The maximum absolute atomic E-state index is 13.0. The van der Waals surface area contributed by atoms with Crippen molar-refractivity contribution in [3.05, 3.63) is 27.7 Å². The van der Waals surface area contributed by atoms with Crippen molar-refractivity contribution in [1.29, 1.82) is 0 Å². The van der Waals surface area contributed by atoms with Gasteiger partial charge in [-0.15, -0.1) is 0 Å². The Morgan fingerprint density at radius 3 is 2.46 bits per heavy atom. The van der Waals surface area contributed by atoms with Gasteiger partial charge < -0.3 is 19.1 Å². The minimum atomic E-state index is -0.680. The van der Waals surface area contributed by atoms with Crippen LogP contribution in [0.25, 0.3) is 0 Å². The molecule has 1 aromatic rings. The summed E-state index contributed by atoms with van der Waals surface area (Å²) >= 11 is 12.7. The van der Waals surface area contributed by atoms with Gasteiger partial charge in [-0.05, 0) is 52.7 Å². The third-order valence-electron chi connectivity index (χ3n) is 4.48. The molecule has 1 aromatic carbocycles. The molecule has 2 unspecified atom stereocenters. The molecule has 2 atom stereocenters. The Balaban J connectivity index is 2.43. The molecule has 2 rings (SSSR count). The van der Waals surface area contributed by atoms with Crippen LogP contribution in [0.5, 0.6) is 5.75 Å². The normalized spacial score (nSPS) is 19.9. The van der Waals surface area contributed by atoms with Gasteiger partial charge in [0, 0.05) is 12.1 Å². The van der Waals surface area contributed by atoms with E-state index < -0.39 is 23.7 Å². The molecule has 0 N–H and O–H groups in total. The molecule has 0 aromatic heterocycles. The van der Waals surface area contributed by atoms with Crippen molar-refractivity contribution in [2.24, 2.45) is 5.92 Å². The summed E-state index contributed by atoms with van der Waals surface area (Å²) in [5, 5.41) is 0.697. The number of rotatable bonds is 4. The number of likely N-dealkylation sites (tertiary alicyclic amines) is 1. The highest BCUT2D eigenvalue weighted by Gasteiger charge is 2.40. The Kier molecular flexibility index (Phi) is 7.46. The number of halogens is 2. The van der Waals surface area contributed by atoms with Crippen LogP contribution in [-0.4, -0.2) is 42.8 Å². The van der Waals surface area contributed by atoms with E-state index in [0.29, 0.717) is 40.8 Å². The highest BCUT2D eigenvalue weighted by atomic mass is 35.5. The lowest BCUT2D eigenvalue weighted by molar-refractivity contribution is -0.150. The smallest absolute Gasteiger partial charge is 0.410 e. The summed E-state index contributed by atoms with van der Waals surface area (Å²) < 4.78 is 16.2. The second kappa shape index (κ2) is 9.23. The van der Waals surface area contributed by atoms with Crippen molar-refractivity contribution < 1.29 is 23.8 Å². The van der Waals surface area contributed by atoms with Crippen LogP contribution in [0.2, 0.25) is 10.0 Å². The van der Waals surface area contributed by atoms with Gasteiger partial charge in [0.15, 0.2) is 0 Å². The van der Waals surface area contributed by atoms with Gasteiger partial charge in [-0.3, -0.25) is 4.79 Å². The van der Waals surface area contributed by atoms with Crippen LogP contribution in [0.1, 0.15) is 52.1 Å². The van der Waals surface area contributed by atoms with Gasteiger partial charge in [0.1, 0.15) is 11.4 Å². The third kappa shape index (κ3) is 5.23. The molecule has 0 aliphatic carbocycles. The van der Waals surface area contributed by atoms with Crippen molar-refractivity contribution >= 4 is 35.3 Å². The van der Waals surface area contributed by atoms with E-state index in [9.17, 15) is 9.59 Å². The van der Waals surface area contributed by atoms with Crippen LogP contribution in [0.15, 0.2) is 12.1 Å². The fourth-order valence-corrected chi connectivity index (χ4v) is 3.73. The fourth-order valence-electron chi connectivity index (χ4n) is 3.28. The standard InChI is InChI=1S/C20H27Cl2NO5/c1-6-27-18(24)12-7-9-14(23(11-12)19(25)28-20(2,3)4)16-15(26-5)10-8-13(21)17(16)22/h8,10,12,14H,6-7,9,11H2,1-5H3. The Labute approximate surface area is 176 Å². The van der Waals surface area contributed by atoms with Crippen molar-refractivity contribution in [3.63, 3.8) is 0 Å². The number of carbonyl (C=O) groups excluding carboxylic acids is 2. The number of benzene rings is 1. The van der Waals surface area contributed by atoms with Gasteiger partial charge in [-0.25, -0.2) is 4.79 Å². The number of esters is 1. The first-order chi connectivity index (χ1) is 13.1. The molecular weight excluding hydrogens is 405 g/mol. The van der Waals surface area contributed by atoms with Gasteiger partial charge in [-0.2, -0.15) is 0 Å². The molecule has 1 aliphatic heterocycles. The maximum Gasteiger partial charge on any atom is 0.410 e. The molecule has 0 radical (unpaired) electrons. The molecule has 1 fully saturated rings. The van der Waals surface area contributed by atoms with Crippen molar-refractivity contribution in [3.8, 4) is 5.75 Å². The number of amides is 1. The molecule has 1 saturated heterocycles. The van der Waals surface area contributed by atoms with Gasteiger partial charge >= 0.3 is 12.1 Å². The third-order valence-corrected chi connectivity index (χ3v) is 5.29. The van der Waals surface area contributed by atoms with E-state index in [1.807, 2.05) is 0 Å². The van der Waals surface area contributed by atoms with Crippen molar-refractivity contribution in [1.82, 2.24) is 4.90 Å². The largest absolute Gasteiger partial charge is 0.496 e. The highest BCUT2D eigenvalue weighted by Crippen LogP contribution is 2.44. The lowest BCUT2D eigenvalue weighted by Gasteiger charge is -2.40. The molecule has 8 heteroatoms. The zero-order chi connectivity index (χ0) is 21.1. The molecule has 0 saturated carbocycles. The number of methoxy groups -OCH3 is 1. The van der Waals surface area contributed by atoms with E-state index in [2.05, 4.69) is 0 Å². The van der Waals surface area contributed by atoms with Gasteiger partial charge in [0.25, 0.3) is 0 Å². The van der Waals surface area contributed by atoms with E-state index in [-0.39, 0.29) is 12.5 Å². The lowest BCUT2D eigenvalue weighted by atomic mass is 9.88. The predicted octanol–water partition coefficient (Wildman–Crippen LogP) is 5.25. The number of ether oxygens (including phenoxy) is 3. The summed E-state index contributed by atoms with van der Waals surface area (Å²) in [5.41, 5.74) is -0.0643. The molecule has 1 amide bonds. The Hall–Kier alpha value is -1.66. The van der Waals surface area contributed by atoms with E-state index >= 15 is 0 Å². The monoisotopic (exact) mass is 431 g/mol. The van der Waals surface area contributed by atoms with Crippen LogP contribution in [-0.2, 0) is 14.3 Å². The number of carbonyl (C=O) groups is 2. The number of piperidine rings is 1. The Morgan fingerprint density at radius 2 is 1.89 bits per heavy atom. The first-order valence-electron chi connectivity index (χ1n) is 9.27. The average molecular weight is 432 g/mol. The molecule has 0 spiro atoms. The highest BCUT2D eigenvalue weighted by molar-refractivity contribution is 6.42. The Morgan fingerprint density at radius 1 is 1.21 bits per heavy atom. The summed E-state index contributed by atoms with van der Waals surface area (Å²) in [6, 6.07) is 2.93. The Bertz CT molecular complexity index is 732. The second-order valence-electron chi connectivity index (χ2n) is 7.65. The first kappa shape index (κ1) is 22.6. The summed E-state index contributed by atoms with van der Waals surface area (Å²) in [4.78, 5) is 26.7. The second-order valence-corrected chi connectivity index (χ2v) is 8.44. The van der Waals surface area contributed by atoms with E-state index in [1.54, 1.807) is 39.8 Å². The molecule has 28 heavy (non-hydrogen) atoms. The van der Waals surface area contributed by atoms with Crippen LogP contribution in [0.3, 0.4) is 0 Å². The van der Waals surface area contributed by atoms with Gasteiger partial charge in [-0.1, -0.05) is 23.2 Å². The fraction of sp³-hybridized carbons (Fsp3) is 0.600. The zero-order valence-electron chi connectivity index (χ0n) is 16.9.